The minimum absolute atomic E-state index is 0.140. The van der Waals surface area contributed by atoms with Gasteiger partial charge >= 0.3 is 0 Å². The fraction of sp³-hybridized carbons (Fsp3) is 0.350. The first-order valence-corrected chi connectivity index (χ1v) is 11.6. The van der Waals surface area contributed by atoms with Crippen molar-refractivity contribution in [2.24, 2.45) is 0 Å². The van der Waals surface area contributed by atoms with Gasteiger partial charge in [-0.2, -0.15) is 0 Å². The van der Waals surface area contributed by atoms with Crippen molar-refractivity contribution < 1.29 is 9.53 Å². The molecular formula is C20H26O2Si. The van der Waals surface area contributed by atoms with E-state index in [1.165, 1.54) is 5.56 Å². The van der Waals surface area contributed by atoms with Gasteiger partial charge in [0, 0.05) is 7.11 Å². The molecular weight excluding hydrogens is 300 g/mol. The van der Waals surface area contributed by atoms with Crippen LogP contribution in [0.4, 0.5) is 0 Å². The van der Waals surface area contributed by atoms with Crippen LogP contribution >= 0.6 is 0 Å². The normalized spacial score (nSPS) is 14.3. The fourth-order valence-corrected chi connectivity index (χ4v) is 4.13. The average Bonchev–Trinajstić information content (AvgIpc) is 2.55. The monoisotopic (exact) mass is 326 g/mol. The van der Waals surface area contributed by atoms with Crippen molar-refractivity contribution >= 4 is 13.5 Å². The second kappa shape index (κ2) is 7.71. The van der Waals surface area contributed by atoms with Gasteiger partial charge in [-0.3, -0.25) is 0 Å². The molecule has 0 spiro atoms. The topological polar surface area (TPSA) is 26.3 Å². The second-order valence-corrected chi connectivity index (χ2v) is 12.0. The molecule has 0 aliphatic rings. The van der Waals surface area contributed by atoms with E-state index >= 15 is 0 Å². The molecule has 0 unspecified atom stereocenters. The van der Waals surface area contributed by atoms with E-state index in [0.717, 1.165) is 12.0 Å². The molecule has 0 aliphatic carbocycles. The number of rotatable bonds is 7. The van der Waals surface area contributed by atoms with E-state index in [-0.39, 0.29) is 12.0 Å². The van der Waals surface area contributed by atoms with Crippen molar-refractivity contribution in [1.82, 2.24) is 0 Å². The standard InChI is InChI=1S/C20H26O2Si/c1-22-18(15-16-11-7-5-8-12-16)19(20(21)23(2,3)4)17-13-9-6-10-14-17/h5-14,18-19H,15H2,1-4H3/t18-,19-/m0/s1. The number of carbonyl (C=O) groups excluding carboxylic acids is 1. The third-order valence-electron chi connectivity index (χ3n) is 4.13. The Morgan fingerprint density at radius 3 is 1.96 bits per heavy atom. The molecule has 0 radical (unpaired) electrons. The zero-order valence-corrected chi connectivity index (χ0v) is 15.5. The number of methoxy groups -OCH3 is 1. The Balaban J connectivity index is 2.36. The molecule has 2 nitrogen and oxygen atoms in total. The van der Waals surface area contributed by atoms with Crippen LogP contribution in [-0.2, 0) is 16.0 Å². The van der Waals surface area contributed by atoms with Gasteiger partial charge in [-0.15, -0.1) is 0 Å². The summed E-state index contributed by atoms with van der Waals surface area (Å²) in [6.07, 6.45) is 0.603. The highest BCUT2D eigenvalue weighted by Gasteiger charge is 2.37. The van der Waals surface area contributed by atoms with Gasteiger partial charge in [-0.25, -0.2) is 0 Å². The van der Waals surface area contributed by atoms with Gasteiger partial charge in [-0.05, 0) is 17.5 Å². The Morgan fingerprint density at radius 1 is 0.957 bits per heavy atom. The van der Waals surface area contributed by atoms with E-state index in [1.54, 1.807) is 7.11 Å². The summed E-state index contributed by atoms with van der Waals surface area (Å²) in [4.78, 5) is 13.1. The van der Waals surface area contributed by atoms with Crippen molar-refractivity contribution in [3.63, 3.8) is 0 Å². The maximum atomic E-state index is 13.1. The van der Waals surface area contributed by atoms with Crippen LogP contribution in [0, 0.1) is 0 Å². The summed E-state index contributed by atoms with van der Waals surface area (Å²) < 4.78 is 5.79. The van der Waals surface area contributed by atoms with Crippen LogP contribution in [0.25, 0.3) is 0 Å². The maximum Gasteiger partial charge on any atom is 0.124 e. The lowest BCUT2D eigenvalue weighted by atomic mass is 9.90. The lowest BCUT2D eigenvalue weighted by Gasteiger charge is -2.30. The highest BCUT2D eigenvalue weighted by atomic mass is 28.3. The molecule has 2 atom stereocenters. The third-order valence-corrected chi connectivity index (χ3v) is 5.92. The molecule has 0 heterocycles. The lowest BCUT2D eigenvalue weighted by Crippen LogP contribution is -2.43. The molecule has 3 heteroatoms. The lowest BCUT2D eigenvalue weighted by molar-refractivity contribution is -0.117. The summed E-state index contributed by atoms with van der Waals surface area (Å²) in [5.74, 6) is -0.201. The van der Waals surface area contributed by atoms with Crippen LogP contribution in [0.2, 0.25) is 19.6 Å². The van der Waals surface area contributed by atoms with Crippen LogP contribution in [0.15, 0.2) is 60.7 Å². The molecule has 23 heavy (non-hydrogen) atoms. The van der Waals surface area contributed by atoms with Gasteiger partial charge < -0.3 is 9.53 Å². The van der Waals surface area contributed by atoms with E-state index in [1.807, 2.05) is 48.5 Å². The van der Waals surface area contributed by atoms with Crippen LogP contribution < -0.4 is 0 Å². The third kappa shape index (κ3) is 4.63. The first-order chi connectivity index (χ1) is 10.9. The van der Waals surface area contributed by atoms with Crippen molar-refractivity contribution in [1.29, 1.82) is 0 Å². The van der Waals surface area contributed by atoms with Crippen molar-refractivity contribution in [2.45, 2.75) is 38.1 Å². The molecule has 0 saturated carbocycles. The first kappa shape index (κ1) is 17.6. The zero-order valence-electron chi connectivity index (χ0n) is 14.5. The van der Waals surface area contributed by atoms with Gasteiger partial charge in [0.15, 0.2) is 0 Å². The summed E-state index contributed by atoms with van der Waals surface area (Å²) in [6.45, 7) is 6.33. The maximum absolute atomic E-state index is 13.1. The average molecular weight is 327 g/mol. The predicted octanol–water partition coefficient (Wildman–Crippen LogP) is 4.47. The predicted molar refractivity (Wildman–Crippen MR) is 98.5 cm³/mol. The fourth-order valence-electron chi connectivity index (χ4n) is 2.85. The molecule has 0 aromatic heterocycles. The highest BCUT2D eigenvalue weighted by Crippen LogP contribution is 2.29. The second-order valence-electron chi connectivity index (χ2n) is 6.97. The summed E-state index contributed by atoms with van der Waals surface area (Å²) >= 11 is 0. The molecule has 0 bridgehead atoms. The number of hydrogen-bond donors (Lipinski definition) is 0. The zero-order chi connectivity index (χ0) is 16.9. The van der Waals surface area contributed by atoms with Gasteiger partial charge in [0.05, 0.1) is 12.0 Å². The van der Waals surface area contributed by atoms with E-state index in [0.29, 0.717) is 5.41 Å². The first-order valence-electron chi connectivity index (χ1n) is 8.09. The number of ether oxygens (including phenoxy) is 1. The van der Waals surface area contributed by atoms with Crippen molar-refractivity contribution in [3.8, 4) is 0 Å². The quantitative estimate of drug-likeness (QED) is 0.702. The Labute approximate surface area is 140 Å². The Kier molecular flexibility index (Phi) is 5.91. The number of carbonyl (C=O) groups is 1. The molecule has 2 aromatic carbocycles. The molecule has 0 amide bonds. The van der Waals surface area contributed by atoms with Gasteiger partial charge in [0.25, 0.3) is 0 Å². The molecule has 2 rings (SSSR count). The summed E-state index contributed by atoms with van der Waals surface area (Å²) in [7, 11) is -0.212. The Morgan fingerprint density at radius 2 is 1.48 bits per heavy atom. The SMILES string of the molecule is CO[C@@H](Cc1ccccc1)[C@@H](C(=O)[Si](C)(C)C)c1ccccc1. The smallest absolute Gasteiger partial charge is 0.124 e. The molecule has 0 N–H and O–H groups in total. The Hall–Kier alpha value is -1.71. The van der Waals surface area contributed by atoms with Crippen molar-refractivity contribution in [2.75, 3.05) is 7.11 Å². The van der Waals surface area contributed by atoms with Crippen LogP contribution in [0.1, 0.15) is 17.0 Å². The van der Waals surface area contributed by atoms with Crippen LogP contribution in [0.5, 0.6) is 0 Å². The molecule has 122 valence electrons. The molecule has 0 fully saturated rings. The van der Waals surface area contributed by atoms with Crippen LogP contribution in [0.3, 0.4) is 0 Å². The largest absolute Gasteiger partial charge is 0.380 e. The summed E-state index contributed by atoms with van der Waals surface area (Å²) in [6, 6.07) is 20.3. The van der Waals surface area contributed by atoms with Gasteiger partial charge in [0.1, 0.15) is 13.5 Å². The van der Waals surface area contributed by atoms with Crippen molar-refractivity contribution in [3.05, 3.63) is 71.8 Å². The van der Waals surface area contributed by atoms with E-state index in [9.17, 15) is 4.79 Å². The molecule has 0 saturated heterocycles. The summed E-state index contributed by atoms with van der Waals surface area (Å²) in [5.41, 5.74) is 2.26. The molecule has 0 aliphatic heterocycles. The minimum atomic E-state index is -1.92. The van der Waals surface area contributed by atoms with E-state index < -0.39 is 8.07 Å². The van der Waals surface area contributed by atoms with Gasteiger partial charge in [0.2, 0.25) is 0 Å². The van der Waals surface area contributed by atoms with E-state index in [2.05, 4.69) is 31.8 Å². The molecule has 2 aromatic rings. The number of hydrogen-bond acceptors (Lipinski definition) is 2. The van der Waals surface area contributed by atoms with E-state index in [4.69, 9.17) is 4.74 Å². The minimum Gasteiger partial charge on any atom is -0.380 e. The number of benzene rings is 2. The van der Waals surface area contributed by atoms with Gasteiger partial charge in [-0.1, -0.05) is 80.3 Å². The Bertz CT molecular complexity index is 617. The summed E-state index contributed by atoms with van der Waals surface area (Å²) in [5, 5.41) is 0.353. The highest BCUT2D eigenvalue weighted by molar-refractivity contribution is 7.04. The van der Waals surface area contributed by atoms with Crippen LogP contribution in [-0.4, -0.2) is 26.7 Å².